The van der Waals surface area contributed by atoms with Gasteiger partial charge in [0.15, 0.2) is 10.8 Å². The number of nitrogens with one attached hydrogen (secondary N) is 1. The van der Waals surface area contributed by atoms with Crippen molar-refractivity contribution in [2.24, 2.45) is 0 Å². The van der Waals surface area contributed by atoms with Crippen molar-refractivity contribution >= 4 is 33.6 Å². The predicted octanol–water partition coefficient (Wildman–Crippen LogP) is 4.09. The minimum atomic E-state index is -0.681. The van der Waals surface area contributed by atoms with Crippen molar-refractivity contribution in [3.05, 3.63) is 94.9 Å². The zero-order chi connectivity index (χ0) is 20.5. The summed E-state index contributed by atoms with van der Waals surface area (Å²) < 4.78 is 1.65. The van der Waals surface area contributed by atoms with Crippen molar-refractivity contribution in [3.8, 4) is 5.69 Å². The second kappa shape index (κ2) is 7.78. The third-order valence-corrected chi connectivity index (χ3v) is 5.90. The number of para-hydroxylation sites is 1. The van der Waals surface area contributed by atoms with E-state index in [9.17, 15) is 9.90 Å². The van der Waals surface area contributed by atoms with Gasteiger partial charge in [-0.15, -0.1) is 0 Å². The molecule has 3 aromatic carbocycles. The maximum Gasteiger partial charge on any atom is 0.262 e. The molecule has 148 valence electrons. The smallest absolute Gasteiger partial charge is 0.262 e. The third kappa shape index (κ3) is 3.49. The van der Waals surface area contributed by atoms with E-state index in [4.69, 9.17) is 0 Å². The number of hydrogen-bond donors (Lipinski definition) is 2. The van der Waals surface area contributed by atoms with Gasteiger partial charge in [0.25, 0.3) is 5.56 Å². The number of H-pyrrole nitrogens is 1. The Morgan fingerprint density at radius 1 is 1.00 bits per heavy atom. The van der Waals surface area contributed by atoms with Gasteiger partial charge < -0.3 is 10.1 Å². The first kappa shape index (κ1) is 18.6. The summed E-state index contributed by atoms with van der Waals surface area (Å²) in [6.07, 6.45) is 0.839. The molecule has 2 N–H and O–H groups in total. The Morgan fingerprint density at radius 3 is 2.60 bits per heavy atom. The highest BCUT2D eigenvalue weighted by Crippen LogP contribution is 2.26. The SMILES string of the molecule is O=c1[nH]c(SCC(O)c2ccc3ccccc3c2)nc2c1cnn2-c1ccccc1. The third-order valence-electron chi connectivity index (χ3n) is 4.95. The van der Waals surface area contributed by atoms with Crippen molar-refractivity contribution < 1.29 is 5.11 Å². The summed E-state index contributed by atoms with van der Waals surface area (Å²) in [6, 6.07) is 23.5. The predicted molar refractivity (Wildman–Crippen MR) is 119 cm³/mol. The van der Waals surface area contributed by atoms with Crippen LogP contribution in [-0.4, -0.2) is 30.6 Å². The van der Waals surface area contributed by atoms with E-state index in [2.05, 4.69) is 15.1 Å². The van der Waals surface area contributed by atoms with Crippen LogP contribution in [0.15, 0.2) is 88.9 Å². The molecule has 1 unspecified atom stereocenters. The summed E-state index contributed by atoms with van der Waals surface area (Å²) >= 11 is 1.31. The summed E-state index contributed by atoms with van der Waals surface area (Å²) in [6.45, 7) is 0. The molecule has 6 nitrogen and oxygen atoms in total. The van der Waals surface area contributed by atoms with E-state index in [-0.39, 0.29) is 5.56 Å². The van der Waals surface area contributed by atoms with Crippen molar-refractivity contribution in [1.29, 1.82) is 0 Å². The molecule has 2 heterocycles. The largest absolute Gasteiger partial charge is 0.388 e. The highest BCUT2D eigenvalue weighted by molar-refractivity contribution is 7.99. The van der Waals surface area contributed by atoms with Crippen LogP contribution in [-0.2, 0) is 0 Å². The Hall–Kier alpha value is -3.42. The van der Waals surface area contributed by atoms with Crippen LogP contribution in [0, 0.1) is 0 Å². The maximum absolute atomic E-state index is 12.5. The molecule has 0 aliphatic heterocycles. The van der Waals surface area contributed by atoms with Crippen LogP contribution in [0.3, 0.4) is 0 Å². The van der Waals surface area contributed by atoms with E-state index < -0.39 is 6.10 Å². The summed E-state index contributed by atoms with van der Waals surface area (Å²) in [5.74, 6) is 0.367. The van der Waals surface area contributed by atoms with E-state index in [0.29, 0.717) is 21.9 Å². The van der Waals surface area contributed by atoms with E-state index in [1.807, 2.05) is 72.8 Å². The number of aromatic nitrogens is 4. The fraction of sp³-hybridized carbons (Fsp3) is 0.0870. The van der Waals surface area contributed by atoms with E-state index >= 15 is 0 Å². The molecule has 0 aliphatic carbocycles. The van der Waals surface area contributed by atoms with Gasteiger partial charge in [0, 0.05) is 5.75 Å². The number of aromatic amines is 1. The number of nitrogens with zero attached hydrogens (tertiary/aromatic N) is 3. The highest BCUT2D eigenvalue weighted by atomic mass is 32.2. The first-order valence-electron chi connectivity index (χ1n) is 9.52. The van der Waals surface area contributed by atoms with Crippen molar-refractivity contribution in [2.45, 2.75) is 11.3 Å². The molecule has 0 amide bonds. The zero-order valence-corrected chi connectivity index (χ0v) is 16.7. The monoisotopic (exact) mass is 414 g/mol. The van der Waals surface area contributed by atoms with Gasteiger partial charge in [0.05, 0.1) is 18.0 Å². The lowest BCUT2D eigenvalue weighted by Gasteiger charge is -2.11. The number of fused-ring (bicyclic) bond motifs is 2. The molecule has 0 aliphatic rings. The van der Waals surface area contributed by atoms with Crippen molar-refractivity contribution in [2.75, 3.05) is 5.75 Å². The van der Waals surface area contributed by atoms with Crippen LogP contribution in [0.1, 0.15) is 11.7 Å². The number of aliphatic hydroxyl groups excluding tert-OH is 1. The highest BCUT2D eigenvalue weighted by Gasteiger charge is 2.14. The molecule has 7 heteroatoms. The second-order valence-corrected chi connectivity index (χ2v) is 7.94. The first-order valence-corrected chi connectivity index (χ1v) is 10.5. The van der Waals surface area contributed by atoms with Crippen LogP contribution in [0.5, 0.6) is 0 Å². The average molecular weight is 414 g/mol. The summed E-state index contributed by atoms with van der Waals surface area (Å²) in [7, 11) is 0. The fourth-order valence-corrected chi connectivity index (χ4v) is 4.22. The molecule has 0 fully saturated rings. The van der Waals surface area contributed by atoms with Crippen molar-refractivity contribution in [3.63, 3.8) is 0 Å². The molecule has 0 spiro atoms. The normalized spacial score (nSPS) is 12.4. The lowest BCUT2D eigenvalue weighted by molar-refractivity contribution is 0.204. The molecule has 0 radical (unpaired) electrons. The first-order chi connectivity index (χ1) is 14.7. The summed E-state index contributed by atoms with van der Waals surface area (Å²) in [5, 5.41) is 18.1. The molecule has 0 saturated heterocycles. The van der Waals surface area contributed by atoms with Gasteiger partial charge in [-0.1, -0.05) is 66.4 Å². The topological polar surface area (TPSA) is 83.8 Å². The van der Waals surface area contributed by atoms with Crippen LogP contribution in [0.4, 0.5) is 0 Å². The van der Waals surface area contributed by atoms with Crippen LogP contribution in [0.25, 0.3) is 27.5 Å². The van der Waals surface area contributed by atoms with E-state index in [1.165, 1.54) is 18.0 Å². The number of hydrogen-bond acceptors (Lipinski definition) is 5. The molecular weight excluding hydrogens is 396 g/mol. The van der Waals surface area contributed by atoms with Gasteiger partial charge in [0.2, 0.25) is 0 Å². The fourth-order valence-electron chi connectivity index (χ4n) is 3.39. The molecule has 0 bridgehead atoms. The van der Waals surface area contributed by atoms with Gasteiger partial charge in [-0.05, 0) is 34.5 Å². The van der Waals surface area contributed by atoms with Crippen molar-refractivity contribution in [1.82, 2.24) is 19.7 Å². The number of rotatable bonds is 5. The molecule has 30 heavy (non-hydrogen) atoms. The Bertz CT molecular complexity index is 1400. The lowest BCUT2D eigenvalue weighted by Crippen LogP contribution is -2.10. The Kier molecular flexibility index (Phi) is 4.82. The number of aliphatic hydroxyl groups is 1. The van der Waals surface area contributed by atoms with Gasteiger partial charge >= 0.3 is 0 Å². The van der Waals surface area contributed by atoms with Gasteiger partial charge in [0.1, 0.15) is 5.39 Å². The van der Waals surface area contributed by atoms with Crippen LogP contribution >= 0.6 is 11.8 Å². The average Bonchev–Trinajstić information content (AvgIpc) is 3.22. The van der Waals surface area contributed by atoms with E-state index in [1.54, 1.807) is 4.68 Å². The number of thioether (sulfide) groups is 1. The summed E-state index contributed by atoms with van der Waals surface area (Å²) in [4.78, 5) is 19.8. The van der Waals surface area contributed by atoms with E-state index in [0.717, 1.165) is 22.0 Å². The molecule has 1 atom stereocenters. The molecular formula is C23H18N4O2S. The maximum atomic E-state index is 12.5. The molecule has 5 aromatic rings. The van der Waals surface area contributed by atoms with Gasteiger partial charge in [-0.3, -0.25) is 4.79 Å². The molecule has 2 aromatic heterocycles. The molecule has 0 saturated carbocycles. The molecule has 5 rings (SSSR count). The van der Waals surface area contributed by atoms with Gasteiger partial charge in [-0.2, -0.15) is 5.10 Å². The Morgan fingerprint density at radius 2 is 1.77 bits per heavy atom. The summed E-state index contributed by atoms with van der Waals surface area (Å²) in [5.41, 5.74) is 1.91. The quantitative estimate of drug-likeness (QED) is 0.334. The minimum Gasteiger partial charge on any atom is -0.388 e. The second-order valence-electron chi connectivity index (χ2n) is 6.93. The van der Waals surface area contributed by atoms with Gasteiger partial charge in [-0.25, -0.2) is 9.67 Å². The van der Waals surface area contributed by atoms with Crippen LogP contribution in [0.2, 0.25) is 0 Å². The minimum absolute atomic E-state index is 0.245. The lowest BCUT2D eigenvalue weighted by atomic mass is 10.0. The number of benzene rings is 3. The zero-order valence-electron chi connectivity index (χ0n) is 15.9. The Balaban J connectivity index is 1.41. The standard InChI is InChI=1S/C23H18N4O2S/c28-20(17-11-10-15-6-4-5-7-16(15)12-17)14-30-23-25-21-19(22(29)26-23)13-24-27(21)18-8-2-1-3-9-18/h1-13,20,28H,14H2,(H,25,26,29). The Labute approximate surface area is 176 Å². The van der Waals surface area contributed by atoms with Crippen LogP contribution < -0.4 is 5.56 Å².